The quantitative estimate of drug-likeness (QED) is 0.292. The molecule has 0 amide bonds. The van der Waals surface area contributed by atoms with Crippen LogP contribution >= 0.6 is 0 Å². The van der Waals surface area contributed by atoms with Crippen LogP contribution in [0, 0.1) is 0 Å². The molecule has 0 unspecified atom stereocenters. The molecule has 0 saturated heterocycles. The smallest absolute Gasteiger partial charge is 0.372 e. The van der Waals surface area contributed by atoms with Crippen LogP contribution in [0.3, 0.4) is 0 Å². The van der Waals surface area contributed by atoms with E-state index >= 15 is 0 Å². The Hall–Kier alpha value is -3.62. The average Bonchev–Trinajstić information content (AvgIpc) is 3.11. The Bertz CT molecular complexity index is 1070. The predicted octanol–water partition coefficient (Wildman–Crippen LogP) is 5.77. The van der Waals surface area contributed by atoms with E-state index < -0.39 is 0 Å². The Morgan fingerprint density at radius 1 is 0.697 bits per heavy atom. The predicted molar refractivity (Wildman–Crippen MR) is 133 cm³/mol. The standard InChI is InChI=1S/C24H34N9/c1-7-32(8-2)21-15-11-19(12-16-21)25-27-23-29-31(6)24(30(23)5)28-26-20-13-17-22(18-14-20)33(9-3)10-4/h11-18H,7-10H2,1-6H3/q+1. The van der Waals surface area contributed by atoms with Gasteiger partial charge in [0.15, 0.2) is 0 Å². The molecule has 0 aliphatic carbocycles. The van der Waals surface area contributed by atoms with E-state index in [0.717, 1.165) is 37.6 Å². The van der Waals surface area contributed by atoms with Crippen LogP contribution in [0.15, 0.2) is 69.0 Å². The summed E-state index contributed by atoms with van der Waals surface area (Å²) in [7, 11) is 3.67. The third-order valence-corrected chi connectivity index (χ3v) is 5.60. The largest absolute Gasteiger partial charge is 0.404 e. The van der Waals surface area contributed by atoms with Crippen LogP contribution in [0.5, 0.6) is 0 Å². The molecule has 1 heterocycles. The van der Waals surface area contributed by atoms with E-state index in [2.05, 4.69) is 87.3 Å². The number of nitrogens with zero attached hydrogens (tertiary/aromatic N) is 9. The van der Waals surface area contributed by atoms with Gasteiger partial charge in [-0.05, 0) is 86.5 Å². The van der Waals surface area contributed by atoms with Crippen LogP contribution in [-0.4, -0.2) is 36.0 Å². The molecular formula is C24H34N9+. The van der Waals surface area contributed by atoms with Crippen LogP contribution in [0.1, 0.15) is 27.7 Å². The molecule has 0 fully saturated rings. The van der Waals surface area contributed by atoms with Crippen LogP contribution in [0.2, 0.25) is 0 Å². The lowest BCUT2D eigenvalue weighted by Gasteiger charge is -2.20. The fourth-order valence-electron chi connectivity index (χ4n) is 3.61. The van der Waals surface area contributed by atoms with Gasteiger partial charge in [0.05, 0.1) is 18.4 Å². The molecular weight excluding hydrogens is 414 g/mol. The summed E-state index contributed by atoms with van der Waals surface area (Å²) in [5.74, 6) is 1.03. The van der Waals surface area contributed by atoms with Crippen molar-refractivity contribution in [3.05, 3.63) is 48.5 Å². The lowest BCUT2D eigenvalue weighted by Crippen LogP contribution is -2.26. The van der Waals surface area contributed by atoms with Crippen molar-refractivity contribution in [1.29, 1.82) is 0 Å². The van der Waals surface area contributed by atoms with Gasteiger partial charge in [-0.1, -0.05) is 0 Å². The lowest BCUT2D eigenvalue weighted by molar-refractivity contribution is -0.646. The van der Waals surface area contributed by atoms with Crippen molar-refractivity contribution in [2.24, 2.45) is 34.6 Å². The highest BCUT2D eigenvalue weighted by Gasteiger charge is 2.19. The molecule has 0 atom stereocenters. The normalized spacial score (nSPS) is 11.6. The molecule has 0 spiro atoms. The molecule has 0 aliphatic heterocycles. The second-order valence-electron chi connectivity index (χ2n) is 7.56. The fraction of sp³-hybridized carbons (Fsp3) is 0.417. The number of aromatic nitrogens is 3. The highest BCUT2D eigenvalue weighted by Crippen LogP contribution is 2.23. The minimum absolute atomic E-state index is 0.455. The van der Waals surface area contributed by atoms with Gasteiger partial charge in [-0.3, -0.25) is 0 Å². The van der Waals surface area contributed by atoms with Crippen molar-refractivity contribution in [1.82, 2.24) is 9.78 Å². The zero-order valence-electron chi connectivity index (χ0n) is 20.5. The van der Waals surface area contributed by atoms with Crippen molar-refractivity contribution >= 4 is 34.6 Å². The molecule has 0 aliphatic rings. The topological polar surface area (TPSA) is 77.6 Å². The minimum Gasteiger partial charge on any atom is -0.372 e. The zero-order valence-corrected chi connectivity index (χ0v) is 20.5. The number of aryl methyl sites for hydroxylation is 1. The Labute approximate surface area is 196 Å². The molecule has 3 aromatic rings. The molecule has 0 bridgehead atoms. The van der Waals surface area contributed by atoms with Gasteiger partial charge < -0.3 is 9.80 Å². The second-order valence-corrected chi connectivity index (χ2v) is 7.56. The Morgan fingerprint density at radius 3 is 1.55 bits per heavy atom. The zero-order chi connectivity index (χ0) is 23.8. The first-order valence-corrected chi connectivity index (χ1v) is 11.5. The van der Waals surface area contributed by atoms with Crippen LogP contribution < -0.4 is 14.4 Å². The third kappa shape index (κ3) is 5.79. The fourth-order valence-corrected chi connectivity index (χ4v) is 3.61. The molecule has 0 saturated carbocycles. The molecule has 0 radical (unpaired) electrons. The summed E-state index contributed by atoms with van der Waals surface area (Å²) >= 11 is 0. The number of azo groups is 2. The molecule has 174 valence electrons. The lowest BCUT2D eigenvalue weighted by atomic mass is 10.2. The van der Waals surface area contributed by atoms with Gasteiger partial charge in [-0.2, -0.15) is 0 Å². The van der Waals surface area contributed by atoms with E-state index in [9.17, 15) is 0 Å². The molecule has 0 N–H and O–H groups in total. The first-order valence-electron chi connectivity index (χ1n) is 11.5. The highest BCUT2D eigenvalue weighted by molar-refractivity contribution is 5.53. The van der Waals surface area contributed by atoms with Crippen LogP contribution in [0.25, 0.3) is 0 Å². The van der Waals surface area contributed by atoms with Gasteiger partial charge in [0.25, 0.3) is 0 Å². The summed E-state index contributed by atoms with van der Waals surface area (Å²) in [6, 6.07) is 16.1. The maximum Gasteiger partial charge on any atom is 0.404 e. The number of hydrogen-bond donors (Lipinski definition) is 0. The van der Waals surface area contributed by atoms with Crippen LogP contribution in [-0.2, 0) is 14.1 Å². The van der Waals surface area contributed by atoms with E-state index in [4.69, 9.17) is 0 Å². The SMILES string of the molecule is CCN(CC)c1ccc(N=Nc2nn(C)c(N=Nc3ccc(N(CC)CC)cc3)[n+]2C)cc1. The van der Waals surface area contributed by atoms with Crippen molar-refractivity contribution < 1.29 is 4.57 Å². The van der Waals surface area contributed by atoms with Crippen molar-refractivity contribution in [3.8, 4) is 0 Å². The van der Waals surface area contributed by atoms with Gasteiger partial charge in [0, 0.05) is 49.7 Å². The van der Waals surface area contributed by atoms with Crippen molar-refractivity contribution in [2.45, 2.75) is 27.7 Å². The Balaban J connectivity index is 1.73. The van der Waals surface area contributed by atoms with E-state index in [1.165, 1.54) is 11.4 Å². The molecule has 1 aromatic heterocycles. The van der Waals surface area contributed by atoms with E-state index in [-0.39, 0.29) is 0 Å². The molecule has 2 aromatic carbocycles. The van der Waals surface area contributed by atoms with E-state index in [1.807, 2.05) is 38.4 Å². The molecule has 9 heteroatoms. The number of hydrogen-bond acceptors (Lipinski definition) is 7. The summed E-state index contributed by atoms with van der Waals surface area (Å²) in [6.07, 6.45) is 0. The van der Waals surface area contributed by atoms with Gasteiger partial charge in [-0.15, -0.1) is 14.9 Å². The average molecular weight is 449 g/mol. The first-order chi connectivity index (χ1) is 16.0. The monoisotopic (exact) mass is 448 g/mol. The van der Waals surface area contributed by atoms with E-state index in [0.29, 0.717) is 11.9 Å². The second kappa shape index (κ2) is 11.3. The maximum absolute atomic E-state index is 4.42. The van der Waals surface area contributed by atoms with Gasteiger partial charge in [-0.25, -0.2) is 4.57 Å². The summed E-state index contributed by atoms with van der Waals surface area (Å²) in [5.41, 5.74) is 3.91. The summed E-state index contributed by atoms with van der Waals surface area (Å²) < 4.78 is 3.41. The molecule has 9 nitrogen and oxygen atoms in total. The first kappa shape index (κ1) is 24.0. The molecule has 3 rings (SSSR count). The summed E-state index contributed by atoms with van der Waals surface area (Å²) in [4.78, 5) is 4.57. The Morgan fingerprint density at radius 2 is 1.12 bits per heavy atom. The summed E-state index contributed by atoms with van der Waals surface area (Å²) in [6.45, 7) is 12.5. The van der Waals surface area contributed by atoms with Gasteiger partial charge in [0.1, 0.15) is 0 Å². The third-order valence-electron chi connectivity index (χ3n) is 5.60. The highest BCUT2D eigenvalue weighted by atomic mass is 15.5. The van der Waals surface area contributed by atoms with Crippen LogP contribution in [0.4, 0.5) is 34.6 Å². The number of anilines is 2. The van der Waals surface area contributed by atoms with Gasteiger partial charge >= 0.3 is 11.9 Å². The number of rotatable bonds is 10. The van der Waals surface area contributed by atoms with E-state index in [1.54, 1.807) is 9.25 Å². The van der Waals surface area contributed by atoms with Crippen molar-refractivity contribution in [2.75, 3.05) is 36.0 Å². The summed E-state index contributed by atoms with van der Waals surface area (Å²) in [5, 5.41) is 21.8. The molecule has 33 heavy (non-hydrogen) atoms. The number of benzene rings is 2. The maximum atomic E-state index is 4.42. The minimum atomic E-state index is 0.455. The Kier molecular flexibility index (Phi) is 8.23. The van der Waals surface area contributed by atoms with Crippen molar-refractivity contribution in [3.63, 3.8) is 0 Å². The van der Waals surface area contributed by atoms with Gasteiger partial charge in [0.2, 0.25) is 0 Å².